The van der Waals surface area contributed by atoms with Crippen LogP contribution < -0.4 is 5.73 Å². The molecule has 1 aliphatic rings. The Morgan fingerprint density at radius 3 is 2.67 bits per heavy atom. The van der Waals surface area contributed by atoms with Gasteiger partial charge in [-0.15, -0.1) is 0 Å². The molecule has 88 valence electrons. The molecule has 1 rings (SSSR count). The molecule has 0 aromatic rings. The fourth-order valence-electron chi connectivity index (χ4n) is 2.02. The Morgan fingerprint density at radius 1 is 1.47 bits per heavy atom. The molecular weight excluding hydrogens is 188 g/mol. The second-order valence-corrected chi connectivity index (χ2v) is 5.04. The van der Waals surface area contributed by atoms with Crippen LogP contribution in [0, 0.1) is 5.92 Å². The SMILES string of the molecule is CC(C)C(N)CC(=O)N1CCCCC1C. The molecule has 1 aliphatic heterocycles. The van der Waals surface area contributed by atoms with Crippen molar-refractivity contribution in [3.05, 3.63) is 0 Å². The minimum atomic E-state index is 0.00614. The van der Waals surface area contributed by atoms with Crippen molar-refractivity contribution in [3.8, 4) is 0 Å². The molecular formula is C12H24N2O. The van der Waals surface area contributed by atoms with Crippen molar-refractivity contribution < 1.29 is 4.79 Å². The number of carbonyl (C=O) groups is 1. The molecule has 1 fully saturated rings. The molecule has 3 nitrogen and oxygen atoms in total. The summed E-state index contributed by atoms with van der Waals surface area (Å²) in [5.74, 6) is 0.623. The van der Waals surface area contributed by atoms with Crippen molar-refractivity contribution in [2.75, 3.05) is 6.54 Å². The molecule has 0 bridgehead atoms. The fourth-order valence-corrected chi connectivity index (χ4v) is 2.02. The number of hydrogen-bond acceptors (Lipinski definition) is 2. The van der Waals surface area contributed by atoms with Crippen LogP contribution in [0.5, 0.6) is 0 Å². The van der Waals surface area contributed by atoms with E-state index in [0.29, 0.717) is 18.4 Å². The maximum Gasteiger partial charge on any atom is 0.224 e. The van der Waals surface area contributed by atoms with Gasteiger partial charge in [0.15, 0.2) is 0 Å². The highest BCUT2D eigenvalue weighted by Crippen LogP contribution is 2.18. The molecule has 0 aromatic carbocycles. The topological polar surface area (TPSA) is 46.3 Å². The Bertz CT molecular complexity index is 216. The van der Waals surface area contributed by atoms with Gasteiger partial charge in [0, 0.05) is 25.0 Å². The smallest absolute Gasteiger partial charge is 0.224 e. The third kappa shape index (κ3) is 3.49. The van der Waals surface area contributed by atoms with Crippen molar-refractivity contribution in [1.82, 2.24) is 4.90 Å². The van der Waals surface area contributed by atoms with Crippen molar-refractivity contribution >= 4 is 5.91 Å². The summed E-state index contributed by atoms with van der Waals surface area (Å²) in [7, 11) is 0. The number of amides is 1. The van der Waals surface area contributed by atoms with E-state index in [0.717, 1.165) is 19.4 Å². The number of nitrogens with zero attached hydrogens (tertiary/aromatic N) is 1. The maximum atomic E-state index is 12.0. The van der Waals surface area contributed by atoms with Crippen LogP contribution in [0.3, 0.4) is 0 Å². The van der Waals surface area contributed by atoms with E-state index < -0.39 is 0 Å². The van der Waals surface area contributed by atoms with Gasteiger partial charge in [-0.05, 0) is 32.1 Å². The van der Waals surface area contributed by atoms with Crippen LogP contribution >= 0.6 is 0 Å². The van der Waals surface area contributed by atoms with Gasteiger partial charge in [0.05, 0.1) is 0 Å². The summed E-state index contributed by atoms with van der Waals surface area (Å²) < 4.78 is 0. The molecule has 2 unspecified atom stereocenters. The zero-order valence-electron chi connectivity index (χ0n) is 10.2. The van der Waals surface area contributed by atoms with Crippen LogP contribution in [-0.2, 0) is 4.79 Å². The normalized spacial score (nSPS) is 24.3. The number of carbonyl (C=O) groups excluding carboxylic acids is 1. The summed E-state index contributed by atoms with van der Waals surface area (Å²) in [5, 5.41) is 0. The van der Waals surface area contributed by atoms with Gasteiger partial charge >= 0.3 is 0 Å². The first-order valence-corrected chi connectivity index (χ1v) is 6.07. The number of likely N-dealkylation sites (tertiary alicyclic amines) is 1. The van der Waals surface area contributed by atoms with E-state index >= 15 is 0 Å². The Labute approximate surface area is 93.0 Å². The highest BCUT2D eigenvalue weighted by Gasteiger charge is 2.24. The Morgan fingerprint density at radius 2 is 2.13 bits per heavy atom. The van der Waals surface area contributed by atoms with Crippen molar-refractivity contribution in [3.63, 3.8) is 0 Å². The maximum absolute atomic E-state index is 12.0. The van der Waals surface area contributed by atoms with E-state index in [1.165, 1.54) is 6.42 Å². The van der Waals surface area contributed by atoms with E-state index in [4.69, 9.17) is 5.73 Å². The zero-order chi connectivity index (χ0) is 11.4. The highest BCUT2D eigenvalue weighted by atomic mass is 16.2. The van der Waals surface area contributed by atoms with Gasteiger partial charge in [-0.1, -0.05) is 13.8 Å². The molecule has 3 heteroatoms. The second-order valence-electron chi connectivity index (χ2n) is 5.04. The van der Waals surface area contributed by atoms with Crippen LogP contribution in [0.15, 0.2) is 0 Å². The van der Waals surface area contributed by atoms with Gasteiger partial charge in [-0.2, -0.15) is 0 Å². The van der Waals surface area contributed by atoms with Gasteiger partial charge in [0.2, 0.25) is 5.91 Å². The third-order valence-corrected chi connectivity index (χ3v) is 3.39. The monoisotopic (exact) mass is 212 g/mol. The first kappa shape index (κ1) is 12.5. The van der Waals surface area contributed by atoms with E-state index in [2.05, 4.69) is 20.8 Å². The minimum Gasteiger partial charge on any atom is -0.340 e. The number of rotatable bonds is 3. The second kappa shape index (κ2) is 5.50. The molecule has 0 radical (unpaired) electrons. The average Bonchev–Trinajstić information content (AvgIpc) is 2.18. The fraction of sp³-hybridized carbons (Fsp3) is 0.917. The molecule has 15 heavy (non-hydrogen) atoms. The minimum absolute atomic E-state index is 0.00614. The molecule has 2 atom stereocenters. The summed E-state index contributed by atoms with van der Waals surface area (Å²) in [6, 6.07) is 0.414. The van der Waals surface area contributed by atoms with Crippen LogP contribution in [0.25, 0.3) is 0 Å². The summed E-state index contributed by atoms with van der Waals surface area (Å²) in [4.78, 5) is 14.0. The predicted molar refractivity (Wildman–Crippen MR) is 62.5 cm³/mol. The quantitative estimate of drug-likeness (QED) is 0.775. The molecule has 0 saturated carbocycles. The van der Waals surface area contributed by atoms with Crippen LogP contribution in [-0.4, -0.2) is 29.4 Å². The lowest BCUT2D eigenvalue weighted by molar-refractivity contribution is -0.135. The summed E-state index contributed by atoms with van der Waals surface area (Å²) in [6.45, 7) is 7.19. The molecule has 1 saturated heterocycles. The largest absolute Gasteiger partial charge is 0.340 e. The number of piperidine rings is 1. The molecule has 2 N–H and O–H groups in total. The predicted octanol–water partition coefficient (Wildman–Crippen LogP) is 1.76. The van der Waals surface area contributed by atoms with Crippen molar-refractivity contribution in [2.24, 2.45) is 11.7 Å². The van der Waals surface area contributed by atoms with E-state index in [1.54, 1.807) is 0 Å². The van der Waals surface area contributed by atoms with Crippen LogP contribution in [0.2, 0.25) is 0 Å². The third-order valence-electron chi connectivity index (χ3n) is 3.39. The van der Waals surface area contributed by atoms with E-state index in [9.17, 15) is 4.79 Å². The standard InChI is InChI=1S/C12H24N2O/c1-9(2)11(13)8-12(15)14-7-5-4-6-10(14)3/h9-11H,4-8,13H2,1-3H3. The lowest BCUT2D eigenvalue weighted by atomic mass is 9.99. The summed E-state index contributed by atoms with van der Waals surface area (Å²) in [6.07, 6.45) is 4.04. The van der Waals surface area contributed by atoms with E-state index in [-0.39, 0.29) is 11.9 Å². The molecule has 1 heterocycles. The van der Waals surface area contributed by atoms with Gasteiger partial charge in [0.1, 0.15) is 0 Å². The molecule has 0 aromatic heterocycles. The zero-order valence-corrected chi connectivity index (χ0v) is 10.2. The van der Waals surface area contributed by atoms with Crippen LogP contribution in [0.4, 0.5) is 0 Å². The summed E-state index contributed by atoms with van der Waals surface area (Å²) in [5.41, 5.74) is 5.92. The van der Waals surface area contributed by atoms with Gasteiger partial charge < -0.3 is 10.6 Å². The average molecular weight is 212 g/mol. The lowest BCUT2D eigenvalue weighted by Crippen LogP contribution is -2.44. The van der Waals surface area contributed by atoms with Gasteiger partial charge in [0.25, 0.3) is 0 Å². The Hall–Kier alpha value is -0.570. The summed E-state index contributed by atoms with van der Waals surface area (Å²) >= 11 is 0. The first-order chi connectivity index (χ1) is 7.02. The van der Waals surface area contributed by atoms with Crippen molar-refractivity contribution in [1.29, 1.82) is 0 Å². The number of hydrogen-bond donors (Lipinski definition) is 1. The Kier molecular flexibility index (Phi) is 4.58. The van der Waals surface area contributed by atoms with Crippen molar-refractivity contribution in [2.45, 2.75) is 58.5 Å². The first-order valence-electron chi connectivity index (χ1n) is 6.07. The van der Waals surface area contributed by atoms with Crippen LogP contribution in [0.1, 0.15) is 46.5 Å². The molecule has 0 spiro atoms. The highest BCUT2D eigenvalue weighted by molar-refractivity contribution is 5.77. The molecule has 1 amide bonds. The lowest BCUT2D eigenvalue weighted by Gasteiger charge is -2.34. The van der Waals surface area contributed by atoms with Gasteiger partial charge in [-0.3, -0.25) is 4.79 Å². The van der Waals surface area contributed by atoms with Gasteiger partial charge in [-0.25, -0.2) is 0 Å². The number of nitrogens with two attached hydrogens (primary N) is 1. The molecule has 0 aliphatic carbocycles. The Balaban J connectivity index is 2.45. The van der Waals surface area contributed by atoms with E-state index in [1.807, 2.05) is 4.90 Å².